The summed E-state index contributed by atoms with van der Waals surface area (Å²) in [6.07, 6.45) is 4.40. The Hall–Kier alpha value is -2.65. The second-order valence-corrected chi connectivity index (χ2v) is 12.2. The van der Waals surface area contributed by atoms with E-state index in [-0.39, 0.29) is 11.5 Å². The molecule has 0 unspecified atom stereocenters. The summed E-state index contributed by atoms with van der Waals surface area (Å²) in [5.41, 5.74) is 3.74. The fourth-order valence-electron chi connectivity index (χ4n) is 5.61. The molecule has 7 nitrogen and oxygen atoms in total. The zero-order valence-corrected chi connectivity index (χ0v) is 22.1. The molecule has 3 aliphatic rings. The Balaban J connectivity index is 1.00. The molecule has 4 aromatic rings. The highest BCUT2D eigenvalue weighted by atomic mass is 35.5. The SMILES string of the molecule is O=C(O)c1ccc2nc(N3CC4(CC(OCc5c(-c6c(Cl)cccc6Cl)noc5C5CC5)C4)C3)sc2c1. The first kappa shape index (κ1) is 23.5. The van der Waals surface area contributed by atoms with Crippen LogP contribution in [0.2, 0.25) is 10.0 Å². The lowest BCUT2D eigenvalue weighted by Gasteiger charge is -2.58. The molecule has 190 valence electrons. The van der Waals surface area contributed by atoms with E-state index in [1.54, 1.807) is 29.5 Å². The second kappa shape index (κ2) is 8.70. The third kappa shape index (κ3) is 4.11. The Labute approximate surface area is 226 Å². The number of carboxylic acid groups (broad SMARTS) is 1. The third-order valence-corrected chi connectivity index (χ3v) is 9.41. The highest BCUT2D eigenvalue weighted by Crippen LogP contribution is 2.52. The maximum absolute atomic E-state index is 11.3. The van der Waals surface area contributed by atoms with Crippen LogP contribution in [-0.2, 0) is 11.3 Å². The minimum atomic E-state index is -0.919. The average molecular weight is 556 g/mol. The molecule has 0 amide bonds. The van der Waals surface area contributed by atoms with Gasteiger partial charge < -0.3 is 19.3 Å². The van der Waals surface area contributed by atoms with E-state index < -0.39 is 5.97 Å². The van der Waals surface area contributed by atoms with Gasteiger partial charge in [0.2, 0.25) is 0 Å². The molecule has 37 heavy (non-hydrogen) atoms. The summed E-state index contributed by atoms with van der Waals surface area (Å²) in [6.45, 7) is 2.32. The number of hydrogen-bond acceptors (Lipinski definition) is 7. The normalized spacial score (nSPS) is 18.8. The first-order valence-corrected chi connectivity index (χ1v) is 13.9. The van der Waals surface area contributed by atoms with Crippen molar-refractivity contribution in [3.05, 3.63) is 63.3 Å². The number of nitrogens with zero attached hydrogens (tertiary/aromatic N) is 3. The van der Waals surface area contributed by atoms with Crippen molar-refractivity contribution in [1.29, 1.82) is 0 Å². The van der Waals surface area contributed by atoms with Crippen molar-refractivity contribution in [3.63, 3.8) is 0 Å². The van der Waals surface area contributed by atoms with E-state index in [0.717, 1.165) is 65.4 Å². The Morgan fingerprint density at radius 2 is 1.95 bits per heavy atom. The summed E-state index contributed by atoms with van der Waals surface area (Å²) in [5.74, 6) is 0.379. The van der Waals surface area contributed by atoms with E-state index >= 15 is 0 Å². The molecule has 2 aromatic heterocycles. The van der Waals surface area contributed by atoms with Crippen molar-refractivity contribution in [1.82, 2.24) is 10.1 Å². The van der Waals surface area contributed by atoms with Crippen LogP contribution < -0.4 is 4.90 Å². The molecule has 0 radical (unpaired) electrons. The van der Waals surface area contributed by atoms with Crippen molar-refractivity contribution < 1.29 is 19.2 Å². The molecule has 2 aromatic carbocycles. The molecule has 3 fully saturated rings. The van der Waals surface area contributed by atoms with Gasteiger partial charge in [0.25, 0.3) is 0 Å². The Morgan fingerprint density at radius 3 is 2.65 bits per heavy atom. The molecule has 1 spiro atoms. The number of anilines is 1. The van der Waals surface area contributed by atoms with Gasteiger partial charge in [-0.15, -0.1) is 0 Å². The van der Waals surface area contributed by atoms with Gasteiger partial charge in [-0.2, -0.15) is 0 Å². The standard InChI is InChI=1S/C27H23Cl2N3O4S/c28-18-2-1-3-19(29)22(18)23-17(24(36-31-23)14-4-5-14)11-35-16-9-27(10-16)12-32(13-27)26-30-20-7-6-15(25(33)34)8-21(20)37-26/h1-3,6-8,14,16H,4-5,9-13H2,(H,33,34). The number of benzene rings is 2. The van der Waals surface area contributed by atoms with Crippen molar-refractivity contribution >= 4 is 55.9 Å². The lowest BCUT2D eigenvalue weighted by atomic mass is 9.62. The van der Waals surface area contributed by atoms with Crippen molar-refractivity contribution in [2.75, 3.05) is 18.0 Å². The van der Waals surface area contributed by atoms with Gasteiger partial charge >= 0.3 is 5.97 Å². The maximum atomic E-state index is 11.3. The van der Waals surface area contributed by atoms with Crippen LogP contribution in [0.25, 0.3) is 21.5 Å². The van der Waals surface area contributed by atoms with Gasteiger partial charge in [-0.3, -0.25) is 0 Å². The zero-order chi connectivity index (χ0) is 25.3. The Kier molecular flexibility index (Phi) is 5.52. The number of aromatic nitrogens is 2. The van der Waals surface area contributed by atoms with E-state index in [1.807, 2.05) is 18.2 Å². The van der Waals surface area contributed by atoms with Gasteiger partial charge in [-0.05, 0) is 56.0 Å². The monoisotopic (exact) mass is 555 g/mol. The van der Waals surface area contributed by atoms with Crippen LogP contribution in [-0.4, -0.2) is 40.4 Å². The fourth-order valence-corrected chi connectivity index (χ4v) is 7.19. The van der Waals surface area contributed by atoms with Gasteiger partial charge in [0, 0.05) is 35.5 Å². The first-order valence-electron chi connectivity index (χ1n) is 12.3. The molecule has 1 saturated heterocycles. The van der Waals surface area contributed by atoms with E-state index in [9.17, 15) is 9.90 Å². The molecular formula is C27H23Cl2N3O4S. The largest absolute Gasteiger partial charge is 0.478 e. The number of thiazole rings is 1. The van der Waals surface area contributed by atoms with E-state index in [2.05, 4.69) is 10.1 Å². The van der Waals surface area contributed by atoms with Crippen LogP contribution in [0.15, 0.2) is 40.9 Å². The number of ether oxygens (including phenoxy) is 1. The maximum Gasteiger partial charge on any atom is 0.335 e. The molecule has 7 rings (SSSR count). The molecule has 0 bridgehead atoms. The number of rotatable bonds is 7. The predicted octanol–water partition coefficient (Wildman–Crippen LogP) is 7.02. The quantitative estimate of drug-likeness (QED) is 0.262. The van der Waals surface area contributed by atoms with Gasteiger partial charge in [0.05, 0.1) is 38.5 Å². The number of halogens is 2. The van der Waals surface area contributed by atoms with Crippen LogP contribution in [0.4, 0.5) is 5.13 Å². The van der Waals surface area contributed by atoms with Crippen LogP contribution in [0.1, 0.15) is 53.3 Å². The zero-order valence-electron chi connectivity index (χ0n) is 19.7. The first-order chi connectivity index (χ1) is 17.9. The Morgan fingerprint density at radius 1 is 1.19 bits per heavy atom. The minimum absolute atomic E-state index is 0.187. The fraction of sp³-hybridized carbons (Fsp3) is 0.370. The highest BCUT2D eigenvalue weighted by molar-refractivity contribution is 7.22. The number of aromatic carboxylic acids is 1. The van der Waals surface area contributed by atoms with Gasteiger partial charge in [0.1, 0.15) is 11.5 Å². The molecule has 1 N–H and O–H groups in total. The Bertz CT molecular complexity index is 1510. The molecule has 0 atom stereocenters. The van der Waals surface area contributed by atoms with Crippen LogP contribution in [0.5, 0.6) is 0 Å². The van der Waals surface area contributed by atoms with E-state index in [1.165, 1.54) is 0 Å². The highest BCUT2D eigenvalue weighted by Gasteiger charge is 2.53. The molecule has 10 heteroatoms. The van der Waals surface area contributed by atoms with Gasteiger partial charge in [-0.25, -0.2) is 9.78 Å². The number of fused-ring (bicyclic) bond motifs is 1. The molecule has 2 saturated carbocycles. The van der Waals surface area contributed by atoms with Crippen LogP contribution in [0, 0.1) is 5.41 Å². The minimum Gasteiger partial charge on any atom is -0.478 e. The number of carboxylic acids is 1. The lowest BCUT2D eigenvalue weighted by molar-refractivity contribution is -0.0998. The van der Waals surface area contributed by atoms with Crippen LogP contribution >= 0.6 is 34.5 Å². The summed E-state index contributed by atoms with van der Waals surface area (Å²) in [6, 6.07) is 10.5. The van der Waals surface area contributed by atoms with E-state index in [4.69, 9.17) is 37.4 Å². The van der Waals surface area contributed by atoms with Crippen molar-refractivity contribution in [2.45, 2.75) is 44.3 Å². The topological polar surface area (TPSA) is 88.7 Å². The summed E-state index contributed by atoms with van der Waals surface area (Å²) < 4.78 is 13.0. The van der Waals surface area contributed by atoms with Gasteiger partial charge in [0.15, 0.2) is 5.13 Å². The summed E-state index contributed by atoms with van der Waals surface area (Å²) in [5, 5.41) is 15.6. The predicted molar refractivity (Wildman–Crippen MR) is 143 cm³/mol. The second-order valence-electron chi connectivity index (χ2n) is 10.4. The number of carbonyl (C=O) groups is 1. The molecule has 3 heterocycles. The molecule has 2 aliphatic carbocycles. The molecule has 1 aliphatic heterocycles. The summed E-state index contributed by atoms with van der Waals surface area (Å²) >= 11 is 14.5. The van der Waals surface area contributed by atoms with E-state index in [0.29, 0.717) is 39.4 Å². The third-order valence-electron chi connectivity index (χ3n) is 7.70. The van der Waals surface area contributed by atoms with Gasteiger partial charge in [-0.1, -0.05) is 45.8 Å². The van der Waals surface area contributed by atoms with Crippen molar-refractivity contribution in [2.24, 2.45) is 5.41 Å². The van der Waals surface area contributed by atoms with Crippen LogP contribution in [0.3, 0.4) is 0 Å². The summed E-state index contributed by atoms with van der Waals surface area (Å²) in [4.78, 5) is 18.3. The summed E-state index contributed by atoms with van der Waals surface area (Å²) in [7, 11) is 0. The molecular weight excluding hydrogens is 533 g/mol. The smallest absolute Gasteiger partial charge is 0.335 e. The number of hydrogen-bond donors (Lipinski definition) is 1. The lowest BCUT2D eigenvalue weighted by Crippen LogP contribution is -2.64. The average Bonchev–Trinajstić information content (AvgIpc) is 3.44. The van der Waals surface area contributed by atoms with Crippen molar-refractivity contribution in [3.8, 4) is 11.3 Å².